The van der Waals surface area contributed by atoms with Crippen LogP contribution in [-0.2, 0) is 22.1 Å². The highest BCUT2D eigenvalue weighted by atomic mass is 28.4. The molecule has 0 aromatic rings. The molecule has 0 aromatic carbocycles. The summed E-state index contributed by atoms with van der Waals surface area (Å²) in [4.78, 5) is 0. The molecule has 0 aromatic heterocycles. The quantitative estimate of drug-likeness (QED) is 0.213. The van der Waals surface area contributed by atoms with E-state index in [-0.39, 0.29) is 12.1 Å². The van der Waals surface area contributed by atoms with Crippen LogP contribution in [0.25, 0.3) is 0 Å². The molecule has 0 saturated carbocycles. The molecule has 7 N–H and O–H groups in total. The first kappa shape index (κ1) is 29.3. The van der Waals surface area contributed by atoms with Gasteiger partial charge in [-0.15, -0.1) is 0 Å². The van der Waals surface area contributed by atoms with Crippen LogP contribution in [0.4, 0.5) is 0 Å². The van der Waals surface area contributed by atoms with Crippen molar-refractivity contribution in [2.75, 3.05) is 54.6 Å². The van der Waals surface area contributed by atoms with Gasteiger partial charge in [0.15, 0.2) is 0 Å². The topological polar surface area (TPSA) is 136 Å². The van der Waals surface area contributed by atoms with Gasteiger partial charge in [-0.2, -0.15) is 0 Å². The van der Waals surface area contributed by atoms with Crippen LogP contribution in [-0.4, -0.2) is 84.1 Å². The first-order valence-corrected chi connectivity index (χ1v) is 13.9. The van der Waals surface area contributed by atoms with Crippen LogP contribution in [0.3, 0.4) is 0 Å². The van der Waals surface area contributed by atoms with Crippen LogP contribution in [0.1, 0.15) is 20.3 Å². The summed E-state index contributed by atoms with van der Waals surface area (Å²) in [5, 5.41) is 3.27. The predicted molar refractivity (Wildman–Crippen MR) is 115 cm³/mol. The van der Waals surface area contributed by atoms with E-state index in [0.717, 1.165) is 25.6 Å². The van der Waals surface area contributed by atoms with E-state index < -0.39 is 17.4 Å². The molecule has 0 spiro atoms. The summed E-state index contributed by atoms with van der Waals surface area (Å²) in [5.41, 5.74) is 16.4. The molecule has 0 heterocycles. The lowest BCUT2D eigenvalue weighted by Gasteiger charge is -2.27. The van der Waals surface area contributed by atoms with E-state index in [0.29, 0.717) is 19.1 Å². The van der Waals surface area contributed by atoms with Crippen molar-refractivity contribution < 1.29 is 22.1 Å². The number of rotatable bonds is 15. The van der Waals surface area contributed by atoms with Gasteiger partial charge in [-0.05, 0) is 39.4 Å². The number of hydrogen-bond donors (Lipinski definition) is 4. The van der Waals surface area contributed by atoms with Crippen LogP contribution in [0.2, 0.25) is 18.6 Å². The Balaban J connectivity index is 0. The maximum Gasteiger partial charge on any atom is 0.501 e. The summed E-state index contributed by atoms with van der Waals surface area (Å²) in [5.74, 6) is 0. The maximum atomic E-state index is 5.86. The van der Waals surface area contributed by atoms with Crippen molar-refractivity contribution in [3.05, 3.63) is 0 Å². The summed E-state index contributed by atoms with van der Waals surface area (Å²) < 4.78 is 26.9. The third-order valence-electron chi connectivity index (χ3n) is 3.97. The van der Waals surface area contributed by atoms with Gasteiger partial charge in [-0.1, -0.05) is 0 Å². The Kier molecular flexibility index (Phi) is 18.4. The molecule has 0 fully saturated rings. The molecule has 0 aliphatic carbocycles. The Labute approximate surface area is 168 Å². The van der Waals surface area contributed by atoms with Crippen molar-refractivity contribution in [2.24, 2.45) is 17.2 Å². The molecule has 9 nitrogen and oxygen atoms in total. The van der Waals surface area contributed by atoms with E-state index in [1.54, 1.807) is 28.4 Å². The van der Waals surface area contributed by atoms with E-state index in [4.69, 9.17) is 39.3 Å². The smallest absolute Gasteiger partial charge is 0.398 e. The van der Waals surface area contributed by atoms with Gasteiger partial charge in [-0.3, -0.25) is 0 Å². The second-order valence-electron chi connectivity index (χ2n) is 6.64. The summed E-state index contributed by atoms with van der Waals surface area (Å²) >= 11 is 0. The van der Waals surface area contributed by atoms with Crippen molar-refractivity contribution in [3.8, 4) is 0 Å². The van der Waals surface area contributed by atoms with Crippen molar-refractivity contribution in [1.29, 1.82) is 0 Å². The zero-order valence-electron chi connectivity index (χ0n) is 18.4. The van der Waals surface area contributed by atoms with Crippen molar-refractivity contribution in [3.63, 3.8) is 0 Å². The molecule has 0 bridgehead atoms. The molecule has 11 heteroatoms. The van der Waals surface area contributed by atoms with E-state index >= 15 is 0 Å². The Hall–Kier alpha value is 0.0738. The minimum absolute atomic E-state index is 0.128. The van der Waals surface area contributed by atoms with Crippen LogP contribution in [0, 0.1) is 0 Å². The van der Waals surface area contributed by atoms with Crippen LogP contribution in [0.15, 0.2) is 0 Å². The number of hydrogen-bond acceptors (Lipinski definition) is 9. The maximum absolute atomic E-state index is 5.86. The molecule has 166 valence electrons. The van der Waals surface area contributed by atoms with E-state index in [9.17, 15) is 0 Å². The fraction of sp³-hybridized carbons (Fsp3) is 1.00. The Bertz CT molecular complexity index is 334. The summed E-state index contributed by atoms with van der Waals surface area (Å²) in [7, 11) is 2.00. The molecule has 0 aliphatic heterocycles. The van der Waals surface area contributed by atoms with Gasteiger partial charge in [-0.25, -0.2) is 0 Å². The lowest BCUT2D eigenvalue weighted by molar-refractivity contribution is 0.121. The molecule has 0 aliphatic rings. The second-order valence-corrected chi connectivity index (χ2v) is 13.1. The fourth-order valence-corrected chi connectivity index (χ4v) is 6.42. The zero-order chi connectivity index (χ0) is 21.3. The van der Waals surface area contributed by atoms with Crippen LogP contribution in [0.5, 0.6) is 0 Å². The standard InChI is InChI=1S/C10H26N2O2Si.C6H18N2O3Si/c1-10(2)14-15(4,13-3)9-5-7-12-8-6-11;1-9-12(10-2,11-3)5-6(8)4-7/h10,12H,5-9,11H2,1-4H3;6H,4-5,7-8H2,1-3H3. The molecule has 0 radical (unpaired) electrons. The van der Waals surface area contributed by atoms with Crippen LogP contribution < -0.4 is 22.5 Å². The molecule has 0 amide bonds. The normalized spacial score (nSPS) is 15.2. The minimum atomic E-state index is -2.51. The Morgan fingerprint density at radius 2 is 1.48 bits per heavy atom. The highest BCUT2D eigenvalue weighted by Gasteiger charge is 2.39. The average Bonchev–Trinajstić information content (AvgIpc) is 2.66. The molecule has 0 rings (SSSR count). The molecule has 2 unspecified atom stereocenters. The molecular formula is C16H44N4O5Si2. The molecule has 2 atom stereocenters. The summed E-state index contributed by atoms with van der Waals surface area (Å²) in [6.45, 7) is 9.21. The lowest BCUT2D eigenvalue weighted by atomic mass is 10.4. The first-order valence-electron chi connectivity index (χ1n) is 9.42. The summed E-state index contributed by atoms with van der Waals surface area (Å²) in [6, 6.07) is 1.45. The van der Waals surface area contributed by atoms with Gasteiger partial charge >= 0.3 is 17.4 Å². The fourth-order valence-electron chi connectivity index (χ4n) is 2.37. The van der Waals surface area contributed by atoms with Gasteiger partial charge in [0, 0.05) is 66.3 Å². The average molecular weight is 429 g/mol. The van der Waals surface area contributed by atoms with Crippen molar-refractivity contribution in [1.82, 2.24) is 5.32 Å². The Morgan fingerprint density at radius 1 is 0.926 bits per heavy atom. The van der Waals surface area contributed by atoms with E-state index in [1.165, 1.54) is 0 Å². The Morgan fingerprint density at radius 3 is 1.85 bits per heavy atom. The second kappa shape index (κ2) is 17.0. The monoisotopic (exact) mass is 428 g/mol. The first-order chi connectivity index (χ1) is 12.7. The van der Waals surface area contributed by atoms with Crippen molar-refractivity contribution in [2.45, 2.75) is 51.0 Å². The third-order valence-corrected chi connectivity index (χ3v) is 9.96. The van der Waals surface area contributed by atoms with Crippen LogP contribution >= 0.6 is 0 Å². The molecule has 27 heavy (non-hydrogen) atoms. The van der Waals surface area contributed by atoms with Gasteiger partial charge in [0.25, 0.3) is 0 Å². The predicted octanol–water partition coefficient (Wildman–Crippen LogP) is 0.219. The third kappa shape index (κ3) is 14.7. The number of nitrogens with two attached hydrogens (primary N) is 3. The number of nitrogens with one attached hydrogen (secondary N) is 1. The van der Waals surface area contributed by atoms with E-state index in [2.05, 4.69) is 25.7 Å². The lowest BCUT2D eigenvalue weighted by Crippen LogP contribution is -2.49. The van der Waals surface area contributed by atoms with Gasteiger partial charge in [0.2, 0.25) is 0 Å². The summed E-state index contributed by atoms with van der Waals surface area (Å²) in [6.07, 6.45) is 1.34. The SMILES string of the molecule is CO[Si](C)(CCCNCCN)OC(C)C.CO[Si](CC(N)CN)(OC)OC. The zero-order valence-corrected chi connectivity index (χ0v) is 20.4. The largest absolute Gasteiger partial charge is 0.501 e. The molecule has 0 saturated heterocycles. The van der Waals surface area contributed by atoms with Crippen molar-refractivity contribution >= 4 is 17.4 Å². The molecular weight excluding hydrogens is 384 g/mol. The van der Waals surface area contributed by atoms with Gasteiger partial charge in [0.1, 0.15) is 0 Å². The van der Waals surface area contributed by atoms with Gasteiger partial charge < -0.3 is 44.6 Å². The highest BCUT2D eigenvalue weighted by molar-refractivity contribution is 6.66. The minimum Gasteiger partial charge on any atom is -0.398 e. The van der Waals surface area contributed by atoms with E-state index in [1.807, 2.05) is 0 Å². The van der Waals surface area contributed by atoms with Gasteiger partial charge in [0.05, 0.1) is 0 Å². The highest BCUT2D eigenvalue weighted by Crippen LogP contribution is 2.16.